The van der Waals surface area contributed by atoms with E-state index >= 15 is 0 Å². The van der Waals surface area contributed by atoms with Gasteiger partial charge >= 0.3 is 5.97 Å². The largest absolute Gasteiger partial charge is 0.469 e. The van der Waals surface area contributed by atoms with Crippen LogP contribution in [-0.2, 0) is 9.53 Å². The van der Waals surface area contributed by atoms with Gasteiger partial charge in [0.2, 0.25) is 0 Å². The van der Waals surface area contributed by atoms with Gasteiger partial charge in [0.05, 0.1) is 7.11 Å². The van der Waals surface area contributed by atoms with Crippen molar-refractivity contribution in [1.29, 1.82) is 0 Å². The number of ether oxygens (including phenoxy) is 1. The number of halogens is 1. The number of esters is 1. The number of hydrogen-bond donors (Lipinski definition) is 0. The molecule has 0 heterocycles. The van der Waals surface area contributed by atoms with Crippen molar-refractivity contribution in [1.82, 2.24) is 0 Å². The van der Waals surface area contributed by atoms with Crippen molar-refractivity contribution in [2.75, 3.05) is 7.11 Å². The van der Waals surface area contributed by atoms with Gasteiger partial charge < -0.3 is 4.74 Å². The molecule has 0 aliphatic rings. The van der Waals surface area contributed by atoms with Crippen LogP contribution >= 0.6 is 0 Å². The maximum Gasteiger partial charge on any atom is 0.305 e. The number of rotatable bonds is 4. The molecule has 15 heavy (non-hydrogen) atoms. The molecule has 0 fully saturated rings. The third-order valence-electron chi connectivity index (χ3n) is 2.45. The van der Waals surface area contributed by atoms with Crippen molar-refractivity contribution < 1.29 is 13.9 Å². The highest BCUT2D eigenvalue weighted by Gasteiger charge is 2.08. The van der Waals surface area contributed by atoms with Crippen LogP contribution < -0.4 is 0 Å². The molecule has 82 valence electrons. The molecule has 3 heteroatoms. The fourth-order valence-electron chi connectivity index (χ4n) is 1.39. The van der Waals surface area contributed by atoms with Crippen LogP contribution in [0.4, 0.5) is 4.39 Å². The van der Waals surface area contributed by atoms with E-state index in [1.807, 2.05) is 6.92 Å². The first-order chi connectivity index (χ1) is 7.13. The van der Waals surface area contributed by atoms with Gasteiger partial charge in [0.15, 0.2) is 0 Å². The quantitative estimate of drug-likeness (QED) is 0.714. The van der Waals surface area contributed by atoms with Gasteiger partial charge in [-0.15, -0.1) is 0 Å². The van der Waals surface area contributed by atoms with Crippen molar-refractivity contribution in [3.63, 3.8) is 0 Å². The average Bonchev–Trinajstić information content (AvgIpc) is 2.26. The topological polar surface area (TPSA) is 26.3 Å². The van der Waals surface area contributed by atoms with Crippen LogP contribution in [0, 0.1) is 5.82 Å². The molecule has 2 nitrogen and oxygen atoms in total. The number of methoxy groups -OCH3 is 1. The number of hydrogen-bond acceptors (Lipinski definition) is 2. The first kappa shape index (κ1) is 11.7. The van der Waals surface area contributed by atoms with Crippen LogP contribution in [-0.4, -0.2) is 13.1 Å². The summed E-state index contributed by atoms with van der Waals surface area (Å²) in [4.78, 5) is 10.9. The van der Waals surface area contributed by atoms with Crippen LogP contribution in [0.25, 0.3) is 0 Å². The van der Waals surface area contributed by atoms with Gasteiger partial charge in [0.1, 0.15) is 5.82 Å². The van der Waals surface area contributed by atoms with Crippen LogP contribution in [0.5, 0.6) is 0 Å². The van der Waals surface area contributed by atoms with Crippen LogP contribution in [0.15, 0.2) is 24.3 Å². The molecule has 0 aromatic heterocycles. The second-order valence-electron chi connectivity index (χ2n) is 3.57. The van der Waals surface area contributed by atoms with Crippen molar-refractivity contribution >= 4 is 5.97 Å². The van der Waals surface area contributed by atoms with Gasteiger partial charge in [0.25, 0.3) is 0 Å². The Morgan fingerprint density at radius 2 is 2.00 bits per heavy atom. The summed E-state index contributed by atoms with van der Waals surface area (Å²) in [5.74, 6) is -0.201. The SMILES string of the molecule is COC(=O)CCC(C)c1ccc(F)cc1. The Bertz CT molecular complexity index is 319. The molecular formula is C12H15FO2. The van der Waals surface area contributed by atoms with Gasteiger partial charge in [-0.05, 0) is 30.0 Å². The molecular weight excluding hydrogens is 195 g/mol. The average molecular weight is 210 g/mol. The van der Waals surface area contributed by atoms with Crippen molar-refractivity contribution in [2.24, 2.45) is 0 Å². The van der Waals surface area contributed by atoms with Gasteiger partial charge in [-0.1, -0.05) is 19.1 Å². The number of carbonyl (C=O) groups excluding carboxylic acids is 1. The summed E-state index contributed by atoms with van der Waals surface area (Å²) in [6.45, 7) is 2.01. The lowest BCUT2D eigenvalue weighted by Gasteiger charge is -2.10. The summed E-state index contributed by atoms with van der Waals surface area (Å²) in [5.41, 5.74) is 1.04. The predicted octanol–water partition coefficient (Wildman–Crippen LogP) is 2.88. The van der Waals surface area contributed by atoms with Crippen LogP contribution in [0.2, 0.25) is 0 Å². The third kappa shape index (κ3) is 3.70. The number of benzene rings is 1. The zero-order valence-electron chi connectivity index (χ0n) is 9.00. The van der Waals surface area contributed by atoms with E-state index in [1.54, 1.807) is 12.1 Å². The first-order valence-electron chi connectivity index (χ1n) is 4.95. The Morgan fingerprint density at radius 1 is 1.40 bits per heavy atom. The fourth-order valence-corrected chi connectivity index (χ4v) is 1.39. The first-order valence-corrected chi connectivity index (χ1v) is 4.95. The van der Waals surface area contributed by atoms with E-state index in [9.17, 15) is 9.18 Å². The molecule has 1 aromatic rings. The molecule has 0 spiro atoms. The van der Waals surface area contributed by atoms with E-state index in [0.717, 1.165) is 12.0 Å². The molecule has 1 atom stereocenters. The summed E-state index contributed by atoms with van der Waals surface area (Å²) in [7, 11) is 1.38. The van der Waals surface area contributed by atoms with E-state index in [1.165, 1.54) is 19.2 Å². The Balaban J connectivity index is 2.50. The van der Waals surface area contributed by atoms with Gasteiger partial charge in [-0.2, -0.15) is 0 Å². The fraction of sp³-hybridized carbons (Fsp3) is 0.417. The minimum atomic E-state index is -0.237. The Labute approximate surface area is 89.1 Å². The van der Waals surface area contributed by atoms with E-state index in [4.69, 9.17) is 0 Å². The zero-order chi connectivity index (χ0) is 11.3. The second kappa shape index (κ2) is 5.49. The van der Waals surface area contributed by atoms with E-state index in [0.29, 0.717) is 6.42 Å². The second-order valence-corrected chi connectivity index (χ2v) is 3.57. The highest BCUT2D eigenvalue weighted by molar-refractivity contribution is 5.69. The van der Waals surface area contributed by atoms with E-state index in [-0.39, 0.29) is 17.7 Å². The summed E-state index contributed by atoms with van der Waals surface area (Å²) >= 11 is 0. The molecule has 1 rings (SSSR count). The predicted molar refractivity (Wildman–Crippen MR) is 56.1 cm³/mol. The molecule has 0 saturated heterocycles. The maximum atomic E-state index is 12.6. The van der Waals surface area contributed by atoms with E-state index in [2.05, 4.69) is 4.74 Å². The van der Waals surface area contributed by atoms with Gasteiger partial charge in [-0.25, -0.2) is 4.39 Å². The number of carbonyl (C=O) groups is 1. The molecule has 0 N–H and O–H groups in total. The summed E-state index contributed by atoms with van der Waals surface area (Å²) in [6.07, 6.45) is 1.12. The standard InChI is InChI=1S/C12H15FO2/c1-9(3-8-12(14)15-2)10-4-6-11(13)7-5-10/h4-7,9H,3,8H2,1-2H3. The molecule has 0 radical (unpaired) electrons. The van der Waals surface area contributed by atoms with Crippen molar-refractivity contribution in [3.05, 3.63) is 35.6 Å². The summed E-state index contributed by atoms with van der Waals surface area (Å²) in [5, 5.41) is 0. The lowest BCUT2D eigenvalue weighted by atomic mass is 9.96. The Morgan fingerprint density at radius 3 is 2.53 bits per heavy atom. The monoisotopic (exact) mass is 210 g/mol. The van der Waals surface area contributed by atoms with Crippen molar-refractivity contribution in [2.45, 2.75) is 25.7 Å². The smallest absolute Gasteiger partial charge is 0.305 e. The maximum absolute atomic E-state index is 12.6. The molecule has 0 amide bonds. The molecule has 0 saturated carbocycles. The molecule has 1 aromatic carbocycles. The van der Waals surface area contributed by atoms with Crippen LogP contribution in [0.1, 0.15) is 31.2 Å². The normalized spacial score (nSPS) is 12.2. The molecule has 0 bridgehead atoms. The highest BCUT2D eigenvalue weighted by atomic mass is 19.1. The van der Waals surface area contributed by atoms with Crippen molar-refractivity contribution in [3.8, 4) is 0 Å². The third-order valence-corrected chi connectivity index (χ3v) is 2.45. The minimum Gasteiger partial charge on any atom is -0.469 e. The van der Waals surface area contributed by atoms with E-state index < -0.39 is 0 Å². The lowest BCUT2D eigenvalue weighted by molar-refractivity contribution is -0.140. The zero-order valence-corrected chi connectivity index (χ0v) is 9.00. The Hall–Kier alpha value is -1.38. The minimum absolute atomic E-state index is 0.205. The van der Waals surface area contributed by atoms with Crippen LogP contribution in [0.3, 0.4) is 0 Å². The Kier molecular flexibility index (Phi) is 4.28. The van der Waals surface area contributed by atoms with Gasteiger partial charge in [0, 0.05) is 6.42 Å². The lowest BCUT2D eigenvalue weighted by Crippen LogP contribution is -2.03. The van der Waals surface area contributed by atoms with Gasteiger partial charge in [-0.3, -0.25) is 4.79 Å². The molecule has 1 unspecified atom stereocenters. The molecule has 0 aliphatic heterocycles. The molecule has 0 aliphatic carbocycles. The summed E-state index contributed by atoms with van der Waals surface area (Å²) in [6, 6.07) is 6.36. The highest BCUT2D eigenvalue weighted by Crippen LogP contribution is 2.20. The summed E-state index contributed by atoms with van der Waals surface area (Å²) < 4.78 is 17.2.